The number of nitrogens with zero attached hydrogens (tertiary/aromatic N) is 4. The van der Waals surface area contributed by atoms with Crippen LogP contribution in [-0.2, 0) is 17.8 Å². The number of rotatable bonds is 7. The minimum atomic E-state index is -1.14. The largest absolute Gasteiger partial charge is 0.598 e. The minimum Gasteiger partial charge on any atom is -0.598 e. The topological polar surface area (TPSA) is 68.5 Å². The predicted octanol–water partition coefficient (Wildman–Crippen LogP) is 6.93. The molecular weight excluding hydrogens is 555 g/mol. The first kappa shape index (κ1) is 28.0. The number of imidazole rings is 1. The van der Waals surface area contributed by atoms with Gasteiger partial charge in [-0.05, 0) is 69.0 Å². The maximum absolute atomic E-state index is 13.2. The number of thioether (sulfide) groups is 1. The normalized spacial score (nSPS) is 19.3. The molecular formula is C31H37N5OS3. The third kappa shape index (κ3) is 5.27. The molecule has 0 bridgehead atoms. The Kier molecular flexibility index (Phi) is 7.87. The lowest BCUT2D eigenvalue weighted by Crippen LogP contribution is -2.50. The fourth-order valence-corrected chi connectivity index (χ4v) is 8.84. The molecule has 2 atom stereocenters. The molecule has 4 aromatic rings. The summed E-state index contributed by atoms with van der Waals surface area (Å²) in [5.41, 5.74) is 3.69. The monoisotopic (exact) mass is 591 g/mol. The average Bonchev–Trinajstić information content (AvgIpc) is 3.54. The molecule has 1 aliphatic carbocycles. The highest BCUT2D eigenvalue weighted by Crippen LogP contribution is 2.53. The van der Waals surface area contributed by atoms with E-state index in [0.29, 0.717) is 0 Å². The third-order valence-corrected chi connectivity index (χ3v) is 11.8. The first-order valence-corrected chi connectivity index (χ1v) is 17.0. The zero-order valence-corrected chi connectivity index (χ0v) is 26.0. The van der Waals surface area contributed by atoms with Gasteiger partial charge in [0.2, 0.25) is 5.95 Å². The van der Waals surface area contributed by atoms with Gasteiger partial charge in [0.15, 0.2) is 5.65 Å². The van der Waals surface area contributed by atoms with Crippen molar-refractivity contribution < 1.29 is 4.55 Å². The first-order valence-electron chi connectivity index (χ1n) is 14.0. The van der Waals surface area contributed by atoms with Gasteiger partial charge in [0.05, 0.1) is 10.9 Å². The molecule has 1 N–H and O–H groups in total. The molecule has 0 saturated carbocycles. The molecule has 6 rings (SSSR count). The van der Waals surface area contributed by atoms with E-state index in [2.05, 4.69) is 69.5 Å². The van der Waals surface area contributed by atoms with Crippen LogP contribution >= 0.6 is 23.5 Å². The summed E-state index contributed by atoms with van der Waals surface area (Å²) < 4.78 is 18.7. The van der Waals surface area contributed by atoms with E-state index in [1.54, 1.807) is 11.8 Å². The predicted molar refractivity (Wildman–Crippen MR) is 168 cm³/mol. The summed E-state index contributed by atoms with van der Waals surface area (Å²) in [5.74, 6) is 1.98. The van der Waals surface area contributed by atoms with Gasteiger partial charge in [0.1, 0.15) is 4.75 Å². The Hall–Kier alpha value is -2.17. The van der Waals surface area contributed by atoms with E-state index in [1.165, 1.54) is 20.9 Å². The second-order valence-electron chi connectivity index (χ2n) is 11.7. The van der Waals surface area contributed by atoms with E-state index in [-0.39, 0.29) is 16.2 Å². The number of hydrogen-bond donors (Lipinski definition) is 1. The molecule has 2 aromatic heterocycles. The van der Waals surface area contributed by atoms with E-state index in [4.69, 9.17) is 9.97 Å². The van der Waals surface area contributed by atoms with Crippen molar-refractivity contribution in [3.05, 3.63) is 78.2 Å². The smallest absolute Gasteiger partial charge is 0.211 e. The van der Waals surface area contributed by atoms with Crippen LogP contribution in [0.3, 0.4) is 0 Å². The van der Waals surface area contributed by atoms with Crippen LogP contribution < -0.4 is 9.62 Å². The average molecular weight is 592 g/mol. The van der Waals surface area contributed by atoms with Crippen LogP contribution in [0.25, 0.3) is 5.65 Å². The second-order valence-corrected chi connectivity index (χ2v) is 16.1. The summed E-state index contributed by atoms with van der Waals surface area (Å²) in [6, 6.07) is 17.4. The van der Waals surface area contributed by atoms with E-state index in [0.717, 1.165) is 54.6 Å². The Morgan fingerprint density at radius 3 is 2.50 bits per heavy atom. The minimum absolute atomic E-state index is 0.0472. The Bertz CT molecular complexity index is 1490. The molecule has 6 nitrogen and oxygen atoms in total. The van der Waals surface area contributed by atoms with Crippen LogP contribution in [0.2, 0.25) is 0 Å². The second kappa shape index (κ2) is 11.2. The quantitative estimate of drug-likeness (QED) is 0.185. The van der Waals surface area contributed by atoms with E-state index in [9.17, 15) is 4.55 Å². The maximum Gasteiger partial charge on any atom is 0.211 e. The fraction of sp³-hybridized carbons (Fsp3) is 0.419. The van der Waals surface area contributed by atoms with Crippen LogP contribution in [0.1, 0.15) is 57.7 Å². The molecule has 9 heteroatoms. The highest BCUT2D eigenvalue weighted by atomic mass is 32.2. The summed E-state index contributed by atoms with van der Waals surface area (Å²) in [6.45, 7) is 10.1. The molecule has 0 amide bonds. The standard InChI is InChI=1S/C31H37N5OS3/c1-5-38-24-12-8-9-13-25(24)39-26-21-33-29(36-19-16-32-28(26)36)35-17-14-31(15-18-35)20-22-10-6-7-11-23(22)27(31)34-40(37)30(2,3)4/h6-13,16,19,21,27,34H,5,14-15,17-18,20H2,1-4H3/t27-,40?/m1/s1. The first-order chi connectivity index (χ1) is 19.3. The number of anilines is 1. The molecule has 1 saturated heterocycles. The van der Waals surface area contributed by atoms with E-state index < -0.39 is 11.4 Å². The van der Waals surface area contributed by atoms with Crippen molar-refractivity contribution in [1.82, 2.24) is 19.1 Å². The lowest BCUT2D eigenvalue weighted by molar-refractivity contribution is 0.175. The lowest BCUT2D eigenvalue weighted by atomic mass is 9.73. The third-order valence-electron chi connectivity index (χ3n) is 8.09. The molecule has 1 fully saturated rings. The molecule has 1 spiro atoms. The lowest BCUT2D eigenvalue weighted by Gasteiger charge is -2.44. The van der Waals surface area contributed by atoms with E-state index in [1.807, 2.05) is 51.1 Å². The molecule has 0 radical (unpaired) electrons. The van der Waals surface area contributed by atoms with Gasteiger partial charge in [-0.25, -0.2) is 9.97 Å². The summed E-state index contributed by atoms with van der Waals surface area (Å²) >= 11 is 2.47. The fourth-order valence-electron chi connectivity index (χ4n) is 5.99. The van der Waals surface area contributed by atoms with E-state index >= 15 is 0 Å². The molecule has 210 valence electrons. The summed E-state index contributed by atoms with van der Waals surface area (Å²) in [6.07, 6.45) is 8.93. The highest BCUT2D eigenvalue weighted by Gasteiger charge is 2.50. The van der Waals surface area contributed by atoms with Crippen molar-refractivity contribution in [3.63, 3.8) is 0 Å². The van der Waals surface area contributed by atoms with Gasteiger partial charge in [-0.3, -0.25) is 4.40 Å². The van der Waals surface area contributed by atoms with Crippen molar-refractivity contribution >= 4 is 46.5 Å². The van der Waals surface area contributed by atoms with Gasteiger partial charge >= 0.3 is 0 Å². The Morgan fingerprint density at radius 2 is 1.75 bits per heavy atom. The number of piperidine rings is 1. The summed E-state index contributed by atoms with van der Waals surface area (Å²) in [5, 5.41) is 0. The number of nitrogens with one attached hydrogen (secondary N) is 1. The van der Waals surface area contributed by atoms with Crippen LogP contribution in [0.15, 0.2) is 81.8 Å². The molecule has 3 heterocycles. The Morgan fingerprint density at radius 1 is 1.02 bits per heavy atom. The van der Waals surface area contributed by atoms with Gasteiger partial charge in [0, 0.05) is 58.2 Å². The van der Waals surface area contributed by atoms with Crippen molar-refractivity contribution in [3.8, 4) is 0 Å². The Balaban J connectivity index is 1.24. The number of fused-ring (bicyclic) bond motifs is 2. The van der Waals surface area contributed by atoms with Crippen LogP contribution in [0.4, 0.5) is 5.95 Å². The van der Waals surface area contributed by atoms with Crippen molar-refractivity contribution in [2.75, 3.05) is 23.7 Å². The Labute approximate surface area is 249 Å². The van der Waals surface area contributed by atoms with Crippen LogP contribution in [0, 0.1) is 5.41 Å². The van der Waals surface area contributed by atoms with Gasteiger partial charge < -0.3 is 9.45 Å². The molecule has 2 aliphatic rings. The zero-order chi connectivity index (χ0) is 27.9. The number of aromatic nitrogens is 3. The van der Waals surface area contributed by atoms with Crippen LogP contribution in [0.5, 0.6) is 0 Å². The molecule has 2 aromatic carbocycles. The molecule has 1 unspecified atom stereocenters. The highest BCUT2D eigenvalue weighted by molar-refractivity contribution is 8.02. The van der Waals surface area contributed by atoms with Crippen LogP contribution in [-0.4, -0.2) is 42.5 Å². The number of benzene rings is 2. The SMILES string of the molecule is CCSc1ccccc1Sc1cnc(N2CCC3(CC2)Cc2ccccc2[C@H]3N[S+]([O-])C(C)(C)C)n2ccnc12. The molecule has 40 heavy (non-hydrogen) atoms. The summed E-state index contributed by atoms with van der Waals surface area (Å²) in [7, 11) is 0. The van der Waals surface area contributed by atoms with Gasteiger partial charge in [-0.2, -0.15) is 0 Å². The number of hydrogen-bond acceptors (Lipinski definition) is 7. The zero-order valence-electron chi connectivity index (χ0n) is 23.6. The van der Waals surface area contributed by atoms with Gasteiger partial charge in [-0.1, -0.05) is 55.1 Å². The van der Waals surface area contributed by atoms with Crippen molar-refractivity contribution in [2.45, 2.75) is 72.4 Å². The maximum atomic E-state index is 13.2. The van der Waals surface area contributed by atoms with Crippen molar-refractivity contribution in [2.24, 2.45) is 5.41 Å². The summed E-state index contributed by atoms with van der Waals surface area (Å²) in [4.78, 5) is 15.7. The molecule has 1 aliphatic heterocycles. The van der Waals surface area contributed by atoms with Crippen molar-refractivity contribution in [1.29, 1.82) is 0 Å². The van der Waals surface area contributed by atoms with Gasteiger partial charge in [0.25, 0.3) is 0 Å². The van der Waals surface area contributed by atoms with Gasteiger partial charge in [-0.15, -0.1) is 16.5 Å².